The smallest absolute Gasteiger partial charge is 0.317 e. The number of carbonyl (C=O) groups is 2. The summed E-state index contributed by atoms with van der Waals surface area (Å²) < 4.78 is 1.89. The van der Waals surface area contributed by atoms with Crippen LogP contribution in [0.5, 0.6) is 0 Å². The number of pyridine rings is 1. The molecule has 0 bridgehead atoms. The molecule has 2 aromatic rings. The van der Waals surface area contributed by atoms with E-state index in [1.165, 1.54) is 0 Å². The van der Waals surface area contributed by atoms with Crippen LogP contribution >= 0.6 is 0 Å². The number of nitrogens with one attached hydrogen (secondary N) is 1. The molecule has 2 amide bonds. The highest BCUT2D eigenvalue weighted by atomic mass is 16.4. The molecular weight excluding hydrogens is 346 g/mol. The number of carbonyl (C=O) groups excluding carboxylic acids is 1. The predicted octanol–water partition coefficient (Wildman–Crippen LogP) is 1.97. The van der Waals surface area contributed by atoms with Crippen LogP contribution in [-0.2, 0) is 11.3 Å². The quantitative estimate of drug-likeness (QED) is 0.858. The largest absolute Gasteiger partial charge is 0.481 e. The molecule has 0 radical (unpaired) electrons. The van der Waals surface area contributed by atoms with E-state index in [0.717, 1.165) is 30.0 Å². The molecule has 2 fully saturated rings. The Labute approximate surface area is 157 Å². The molecule has 0 spiro atoms. The molecule has 142 valence electrons. The zero-order chi connectivity index (χ0) is 19.0. The van der Waals surface area contributed by atoms with E-state index < -0.39 is 11.4 Å². The van der Waals surface area contributed by atoms with Gasteiger partial charge in [-0.1, -0.05) is 12.5 Å². The number of hydrogen-bond acceptors (Lipinski definition) is 4. The molecule has 1 aliphatic heterocycles. The minimum atomic E-state index is -0.769. The van der Waals surface area contributed by atoms with Crippen LogP contribution in [0.15, 0.2) is 30.7 Å². The van der Waals surface area contributed by atoms with Crippen LogP contribution in [0.1, 0.15) is 30.7 Å². The van der Waals surface area contributed by atoms with E-state index in [9.17, 15) is 14.7 Å². The average Bonchev–Trinajstić information content (AvgIpc) is 3.34. The number of hydrogen-bond donors (Lipinski definition) is 2. The van der Waals surface area contributed by atoms with Crippen molar-refractivity contribution < 1.29 is 14.7 Å². The van der Waals surface area contributed by atoms with E-state index in [-0.39, 0.29) is 11.9 Å². The number of imidazole rings is 1. The minimum absolute atomic E-state index is 0.0696. The number of aryl methyl sites for hydroxylation is 1. The molecule has 0 aromatic carbocycles. The average molecular weight is 369 g/mol. The Balaban J connectivity index is 1.36. The van der Waals surface area contributed by atoms with E-state index in [1.807, 2.05) is 29.8 Å². The maximum atomic E-state index is 12.5. The van der Waals surface area contributed by atoms with Crippen LogP contribution < -0.4 is 5.32 Å². The highest BCUT2D eigenvalue weighted by Crippen LogP contribution is 2.48. The Bertz CT molecular complexity index is 862. The van der Waals surface area contributed by atoms with Gasteiger partial charge >= 0.3 is 12.0 Å². The monoisotopic (exact) mass is 369 g/mol. The van der Waals surface area contributed by atoms with Gasteiger partial charge in [-0.15, -0.1) is 0 Å². The predicted molar refractivity (Wildman–Crippen MR) is 97.3 cm³/mol. The molecule has 4 rings (SSSR count). The number of fused-ring (bicyclic) bond motifs is 1. The van der Waals surface area contributed by atoms with Gasteiger partial charge in [0.1, 0.15) is 11.6 Å². The van der Waals surface area contributed by atoms with Crippen LogP contribution in [0.4, 0.5) is 4.79 Å². The fourth-order valence-corrected chi connectivity index (χ4v) is 4.37. The second-order valence-corrected chi connectivity index (χ2v) is 7.46. The van der Waals surface area contributed by atoms with Crippen molar-refractivity contribution in [2.45, 2.75) is 32.7 Å². The molecule has 1 aliphatic carbocycles. The molecule has 0 unspecified atom stereocenters. The number of urea groups is 1. The maximum absolute atomic E-state index is 12.5. The maximum Gasteiger partial charge on any atom is 0.317 e. The summed E-state index contributed by atoms with van der Waals surface area (Å²) in [5.41, 5.74) is 0.139. The first-order valence-corrected chi connectivity index (χ1v) is 9.21. The SMILES string of the molecule is Cc1nccn1-c1ccc(CNC(=O)N2C[C@@H]3CCC[C@@]3(C(=O)O)C2)cn1. The molecule has 1 saturated heterocycles. The van der Waals surface area contributed by atoms with Gasteiger partial charge in [-0.3, -0.25) is 9.36 Å². The van der Waals surface area contributed by atoms with Crippen molar-refractivity contribution in [3.8, 4) is 5.82 Å². The molecular formula is C19H23N5O3. The van der Waals surface area contributed by atoms with Crippen molar-refractivity contribution in [3.63, 3.8) is 0 Å². The standard InChI is InChI=1S/C19H23N5O3/c1-13-20-7-8-24(13)16-5-4-14(9-21-16)10-22-18(27)23-11-15-3-2-6-19(15,12-23)17(25)26/h4-5,7-9,15H,2-3,6,10-12H2,1H3,(H,22,27)(H,25,26)/t15-,19+/m0/s1. The third-order valence-electron chi connectivity index (χ3n) is 5.91. The fourth-order valence-electron chi connectivity index (χ4n) is 4.37. The number of carboxylic acid groups (broad SMARTS) is 1. The van der Waals surface area contributed by atoms with Crippen molar-refractivity contribution >= 4 is 12.0 Å². The van der Waals surface area contributed by atoms with Gasteiger partial charge in [0.15, 0.2) is 0 Å². The minimum Gasteiger partial charge on any atom is -0.481 e. The number of aliphatic carboxylic acids is 1. The second kappa shape index (κ2) is 6.68. The van der Waals surface area contributed by atoms with Gasteiger partial charge in [-0.2, -0.15) is 0 Å². The van der Waals surface area contributed by atoms with Crippen LogP contribution in [0.3, 0.4) is 0 Å². The molecule has 2 atom stereocenters. The summed E-state index contributed by atoms with van der Waals surface area (Å²) in [5, 5.41) is 12.5. The molecule has 2 aliphatic rings. The second-order valence-electron chi connectivity index (χ2n) is 7.46. The summed E-state index contributed by atoms with van der Waals surface area (Å²) >= 11 is 0. The Morgan fingerprint density at radius 1 is 1.37 bits per heavy atom. The van der Waals surface area contributed by atoms with Crippen molar-refractivity contribution in [2.24, 2.45) is 11.3 Å². The summed E-state index contributed by atoms with van der Waals surface area (Å²) in [6.45, 7) is 3.09. The van der Waals surface area contributed by atoms with Crippen molar-refractivity contribution in [3.05, 3.63) is 42.1 Å². The Kier molecular flexibility index (Phi) is 4.33. The molecule has 3 heterocycles. The van der Waals surface area contributed by atoms with E-state index >= 15 is 0 Å². The van der Waals surface area contributed by atoms with Gasteiger partial charge in [0.05, 0.1) is 5.41 Å². The van der Waals surface area contributed by atoms with Crippen LogP contribution in [0.25, 0.3) is 5.82 Å². The summed E-state index contributed by atoms with van der Waals surface area (Å²) in [7, 11) is 0. The first-order chi connectivity index (χ1) is 13.0. The van der Waals surface area contributed by atoms with Crippen molar-refractivity contribution in [1.29, 1.82) is 0 Å². The number of amides is 2. The Morgan fingerprint density at radius 3 is 2.85 bits per heavy atom. The number of nitrogens with zero attached hydrogens (tertiary/aromatic N) is 4. The lowest BCUT2D eigenvalue weighted by Gasteiger charge is -2.23. The topological polar surface area (TPSA) is 100 Å². The molecule has 1 saturated carbocycles. The molecule has 2 N–H and O–H groups in total. The Morgan fingerprint density at radius 2 is 2.22 bits per heavy atom. The lowest BCUT2D eigenvalue weighted by molar-refractivity contribution is -0.149. The number of aromatic nitrogens is 3. The first kappa shape index (κ1) is 17.5. The number of likely N-dealkylation sites (tertiary alicyclic amines) is 1. The van der Waals surface area contributed by atoms with Gasteiger partial charge in [0, 0.05) is 38.2 Å². The molecule has 8 nitrogen and oxygen atoms in total. The zero-order valence-corrected chi connectivity index (χ0v) is 15.3. The van der Waals surface area contributed by atoms with E-state index in [2.05, 4.69) is 15.3 Å². The van der Waals surface area contributed by atoms with Crippen molar-refractivity contribution in [1.82, 2.24) is 24.8 Å². The highest BCUT2D eigenvalue weighted by Gasteiger charge is 2.55. The van der Waals surface area contributed by atoms with E-state index in [0.29, 0.717) is 26.1 Å². The summed E-state index contributed by atoms with van der Waals surface area (Å²) in [6.07, 6.45) is 7.78. The van der Waals surface area contributed by atoms with Crippen LogP contribution in [0, 0.1) is 18.3 Å². The Hall–Kier alpha value is -2.90. The zero-order valence-electron chi connectivity index (χ0n) is 15.3. The van der Waals surface area contributed by atoms with Gasteiger partial charge in [0.2, 0.25) is 0 Å². The summed E-state index contributed by atoms with van der Waals surface area (Å²) in [6, 6.07) is 3.59. The van der Waals surface area contributed by atoms with Crippen LogP contribution in [-0.4, -0.2) is 49.6 Å². The van der Waals surface area contributed by atoms with Crippen molar-refractivity contribution in [2.75, 3.05) is 13.1 Å². The van der Waals surface area contributed by atoms with Gasteiger partial charge in [0.25, 0.3) is 0 Å². The third kappa shape index (κ3) is 3.05. The fraction of sp³-hybridized carbons (Fsp3) is 0.474. The van der Waals surface area contributed by atoms with Gasteiger partial charge in [-0.05, 0) is 37.3 Å². The number of carboxylic acids is 1. The summed E-state index contributed by atoms with van der Waals surface area (Å²) in [5.74, 6) is 0.932. The first-order valence-electron chi connectivity index (χ1n) is 9.21. The summed E-state index contributed by atoms with van der Waals surface area (Å²) in [4.78, 5) is 34.5. The molecule has 27 heavy (non-hydrogen) atoms. The van der Waals surface area contributed by atoms with E-state index in [4.69, 9.17) is 0 Å². The van der Waals surface area contributed by atoms with E-state index in [1.54, 1.807) is 17.3 Å². The highest BCUT2D eigenvalue weighted by molar-refractivity contribution is 5.80. The third-order valence-corrected chi connectivity index (χ3v) is 5.91. The number of rotatable bonds is 4. The lowest BCUT2D eigenvalue weighted by atomic mass is 9.81. The molecule has 8 heteroatoms. The lowest BCUT2D eigenvalue weighted by Crippen LogP contribution is -2.41. The normalized spacial score (nSPS) is 24.0. The van der Waals surface area contributed by atoms with Crippen LogP contribution in [0.2, 0.25) is 0 Å². The van der Waals surface area contributed by atoms with Gasteiger partial charge < -0.3 is 15.3 Å². The molecule has 2 aromatic heterocycles. The van der Waals surface area contributed by atoms with Gasteiger partial charge in [-0.25, -0.2) is 14.8 Å².